The fraction of sp³-hybridized carbons (Fsp3) is 1.00. The third-order valence-electron chi connectivity index (χ3n) is 3.59. The average Bonchev–Trinajstić information content (AvgIpc) is 2.69. The van der Waals surface area contributed by atoms with Gasteiger partial charge in [-0.2, -0.15) is 0 Å². The van der Waals surface area contributed by atoms with E-state index < -0.39 is 0 Å². The van der Waals surface area contributed by atoms with Crippen LogP contribution >= 0.6 is 0 Å². The van der Waals surface area contributed by atoms with Crippen molar-refractivity contribution in [2.45, 2.75) is 46.1 Å². The highest BCUT2D eigenvalue weighted by atomic mass is 15.2. The van der Waals surface area contributed by atoms with Gasteiger partial charge in [-0.25, -0.2) is 0 Å². The quantitative estimate of drug-likeness (QED) is 0.703. The lowest BCUT2D eigenvalue weighted by molar-refractivity contribution is 0.311. The van der Waals surface area contributed by atoms with E-state index in [0.29, 0.717) is 6.04 Å². The number of rotatable bonds is 6. The van der Waals surface area contributed by atoms with E-state index >= 15 is 0 Å². The van der Waals surface area contributed by atoms with Gasteiger partial charge >= 0.3 is 0 Å². The van der Waals surface area contributed by atoms with Crippen LogP contribution in [0.2, 0.25) is 0 Å². The Hall–Kier alpha value is -0.0800. The molecular formula is C12H26N2. The predicted molar refractivity (Wildman–Crippen MR) is 62.6 cm³/mol. The Morgan fingerprint density at radius 1 is 1.21 bits per heavy atom. The summed E-state index contributed by atoms with van der Waals surface area (Å²) in [5, 5.41) is 3.62. The SMILES string of the molecule is CCC(C)C(C)NCCN1CCCC1. The highest BCUT2D eigenvalue weighted by Gasteiger charge is 2.12. The summed E-state index contributed by atoms with van der Waals surface area (Å²) in [6.45, 7) is 11.9. The Balaban J connectivity index is 2.02. The molecule has 0 bridgehead atoms. The third kappa shape index (κ3) is 3.97. The second kappa shape index (κ2) is 6.41. The molecule has 1 saturated heterocycles. The molecule has 0 amide bonds. The van der Waals surface area contributed by atoms with Gasteiger partial charge in [-0.3, -0.25) is 0 Å². The highest BCUT2D eigenvalue weighted by molar-refractivity contribution is 4.70. The normalized spacial score (nSPS) is 22.5. The molecule has 2 nitrogen and oxygen atoms in total. The van der Waals surface area contributed by atoms with Crippen LogP contribution in [0.15, 0.2) is 0 Å². The first-order valence-corrected chi connectivity index (χ1v) is 6.19. The van der Waals surface area contributed by atoms with Crippen molar-refractivity contribution in [3.8, 4) is 0 Å². The van der Waals surface area contributed by atoms with Crippen LogP contribution in [0.5, 0.6) is 0 Å². The lowest BCUT2D eigenvalue weighted by Crippen LogP contribution is -2.37. The summed E-state index contributed by atoms with van der Waals surface area (Å²) < 4.78 is 0. The molecule has 1 rings (SSSR count). The minimum absolute atomic E-state index is 0.669. The molecule has 0 saturated carbocycles. The van der Waals surface area contributed by atoms with Gasteiger partial charge in [0.15, 0.2) is 0 Å². The molecule has 1 fully saturated rings. The zero-order valence-electron chi connectivity index (χ0n) is 10.1. The maximum atomic E-state index is 3.62. The molecule has 2 atom stereocenters. The van der Waals surface area contributed by atoms with Crippen molar-refractivity contribution >= 4 is 0 Å². The summed E-state index contributed by atoms with van der Waals surface area (Å²) in [7, 11) is 0. The molecule has 84 valence electrons. The maximum absolute atomic E-state index is 3.62. The first kappa shape index (κ1) is 12.0. The monoisotopic (exact) mass is 198 g/mol. The van der Waals surface area contributed by atoms with E-state index in [1.54, 1.807) is 0 Å². The Labute approximate surface area is 89.1 Å². The van der Waals surface area contributed by atoms with Gasteiger partial charge in [-0.05, 0) is 38.8 Å². The van der Waals surface area contributed by atoms with Gasteiger partial charge in [0.05, 0.1) is 0 Å². The topological polar surface area (TPSA) is 15.3 Å². The van der Waals surface area contributed by atoms with Crippen LogP contribution in [0, 0.1) is 5.92 Å². The van der Waals surface area contributed by atoms with Gasteiger partial charge in [-0.1, -0.05) is 20.3 Å². The molecule has 0 aromatic carbocycles. The Morgan fingerprint density at radius 3 is 2.43 bits per heavy atom. The molecule has 1 heterocycles. The summed E-state index contributed by atoms with van der Waals surface area (Å²) in [4.78, 5) is 2.57. The van der Waals surface area contributed by atoms with Crippen molar-refractivity contribution in [3.05, 3.63) is 0 Å². The van der Waals surface area contributed by atoms with Crippen molar-refractivity contribution in [3.63, 3.8) is 0 Å². The van der Waals surface area contributed by atoms with E-state index in [-0.39, 0.29) is 0 Å². The molecule has 1 aliphatic rings. The standard InChI is InChI=1S/C12H26N2/c1-4-11(2)12(3)13-7-10-14-8-5-6-9-14/h11-13H,4-10H2,1-3H3. The van der Waals surface area contributed by atoms with Crippen LogP contribution < -0.4 is 5.32 Å². The van der Waals surface area contributed by atoms with E-state index in [9.17, 15) is 0 Å². The van der Waals surface area contributed by atoms with Gasteiger partial charge < -0.3 is 10.2 Å². The van der Waals surface area contributed by atoms with Crippen molar-refractivity contribution in [2.24, 2.45) is 5.92 Å². The van der Waals surface area contributed by atoms with E-state index in [2.05, 4.69) is 31.0 Å². The van der Waals surface area contributed by atoms with E-state index in [4.69, 9.17) is 0 Å². The first-order chi connectivity index (χ1) is 6.74. The van der Waals surface area contributed by atoms with Crippen LogP contribution in [0.25, 0.3) is 0 Å². The summed E-state index contributed by atoms with van der Waals surface area (Å²) in [5.74, 6) is 0.800. The fourth-order valence-corrected chi connectivity index (χ4v) is 2.01. The zero-order valence-corrected chi connectivity index (χ0v) is 10.1. The molecule has 2 unspecified atom stereocenters. The molecule has 0 aromatic rings. The molecule has 0 aliphatic carbocycles. The molecule has 14 heavy (non-hydrogen) atoms. The van der Waals surface area contributed by atoms with Crippen LogP contribution in [0.1, 0.15) is 40.0 Å². The Bertz CT molecular complexity index is 141. The van der Waals surface area contributed by atoms with Crippen LogP contribution in [0.4, 0.5) is 0 Å². The van der Waals surface area contributed by atoms with Crippen molar-refractivity contribution in [2.75, 3.05) is 26.2 Å². The molecule has 0 spiro atoms. The molecule has 0 aromatic heterocycles. The van der Waals surface area contributed by atoms with E-state index in [1.807, 2.05) is 0 Å². The summed E-state index contributed by atoms with van der Waals surface area (Å²) in [6.07, 6.45) is 4.08. The Morgan fingerprint density at radius 2 is 1.86 bits per heavy atom. The minimum atomic E-state index is 0.669. The predicted octanol–water partition coefficient (Wildman–Crippen LogP) is 2.11. The van der Waals surface area contributed by atoms with Crippen LogP contribution in [0.3, 0.4) is 0 Å². The van der Waals surface area contributed by atoms with Crippen LogP contribution in [-0.4, -0.2) is 37.1 Å². The largest absolute Gasteiger partial charge is 0.313 e. The fourth-order valence-electron chi connectivity index (χ4n) is 2.01. The highest BCUT2D eigenvalue weighted by Crippen LogP contribution is 2.08. The van der Waals surface area contributed by atoms with E-state index in [0.717, 1.165) is 12.5 Å². The third-order valence-corrected chi connectivity index (χ3v) is 3.59. The second-order valence-corrected chi connectivity index (χ2v) is 4.68. The Kier molecular flexibility index (Phi) is 5.49. The molecule has 2 heteroatoms. The van der Waals surface area contributed by atoms with Gasteiger partial charge in [0, 0.05) is 19.1 Å². The van der Waals surface area contributed by atoms with Gasteiger partial charge in [0.1, 0.15) is 0 Å². The smallest absolute Gasteiger partial charge is 0.0107 e. The molecule has 1 N–H and O–H groups in total. The van der Waals surface area contributed by atoms with E-state index in [1.165, 1.54) is 38.9 Å². The minimum Gasteiger partial charge on any atom is -0.313 e. The average molecular weight is 198 g/mol. The number of nitrogens with one attached hydrogen (secondary N) is 1. The summed E-state index contributed by atoms with van der Waals surface area (Å²) in [6, 6.07) is 0.669. The lowest BCUT2D eigenvalue weighted by atomic mass is 10.0. The number of hydrogen-bond donors (Lipinski definition) is 1. The van der Waals surface area contributed by atoms with Crippen molar-refractivity contribution in [1.29, 1.82) is 0 Å². The summed E-state index contributed by atoms with van der Waals surface area (Å²) >= 11 is 0. The number of nitrogens with zero attached hydrogens (tertiary/aromatic N) is 1. The van der Waals surface area contributed by atoms with Gasteiger partial charge in [0.2, 0.25) is 0 Å². The molecule has 0 radical (unpaired) electrons. The van der Waals surface area contributed by atoms with Gasteiger partial charge in [-0.15, -0.1) is 0 Å². The number of hydrogen-bond acceptors (Lipinski definition) is 2. The molecule has 1 aliphatic heterocycles. The second-order valence-electron chi connectivity index (χ2n) is 4.68. The van der Waals surface area contributed by atoms with Gasteiger partial charge in [0.25, 0.3) is 0 Å². The molecular weight excluding hydrogens is 172 g/mol. The van der Waals surface area contributed by atoms with Crippen molar-refractivity contribution in [1.82, 2.24) is 10.2 Å². The lowest BCUT2D eigenvalue weighted by Gasteiger charge is -2.22. The zero-order chi connectivity index (χ0) is 10.4. The first-order valence-electron chi connectivity index (χ1n) is 6.19. The van der Waals surface area contributed by atoms with Crippen LogP contribution in [-0.2, 0) is 0 Å². The maximum Gasteiger partial charge on any atom is 0.0107 e. The van der Waals surface area contributed by atoms with Crippen molar-refractivity contribution < 1.29 is 0 Å². The summed E-state index contributed by atoms with van der Waals surface area (Å²) in [5.41, 5.74) is 0. The number of likely N-dealkylation sites (tertiary alicyclic amines) is 1.